The molecule has 2 unspecified atom stereocenters. The van der Waals surface area contributed by atoms with Crippen LogP contribution in [0.4, 0.5) is 0 Å². The third kappa shape index (κ3) is 1.89. The Hall–Kier alpha value is -1.06. The van der Waals surface area contributed by atoms with Crippen molar-refractivity contribution < 1.29 is 10.2 Å². The zero-order valence-corrected chi connectivity index (χ0v) is 7.98. The first-order valence-corrected chi connectivity index (χ1v) is 4.96. The molecule has 1 aromatic rings. The molecule has 14 heavy (non-hydrogen) atoms. The van der Waals surface area contributed by atoms with Gasteiger partial charge in [-0.1, -0.05) is 18.2 Å². The van der Waals surface area contributed by atoms with Gasteiger partial charge in [0.05, 0.1) is 6.10 Å². The minimum absolute atomic E-state index is 0.180. The van der Waals surface area contributed by atoms with Crippen molar-refractivity contribution in [1.82, 2.24) is 5.32 Å². The van der Waals surface area contributed by atoms with Crippen LogP contribution in [0.25, 0.3) is 0 Å². The molecule has 1 aliphatic rings. The summed E-state index contributed by atoms with van der Waals surface area (Å²) in [6.45, 7) is 1.04. The second-order valence-corrected chi connectivity index (χ2v) is 3.75. The van der Waals surface area contributed by atoms with E-state index >= 15 is 0 Å². The molecule has 76 valence electrons. The van der Waals surface area contributed by atoms with Crippen LogP contribution < -0.4 is 5.32 Å². The Labute approximate surface area is 83.4 Å². The number of benzene rings is 1. The Morgan fingerprint density at radius 1 is 1.43 bits per heavy atom. The van der Waals surface area contributed by atoms with Crippen LogP contribution in [0.5, 0.6) is 5.75 Å². The van der Waals surface area contributed by atoms with Gasteiger partial charge in [0.2, 0.25) is 0 Å². The van der Waals surface area contributed by atoms with Crippen LogP contribution in [0.1, 0.15) is 24.5 Å². The first-order valence-electron chi connectivity index (χ1n) is 4.96. The van der Waals surface area contributed by atoms with E-state index in [9.17, 15) is 10.2 Å². The van der Waals surface area contributed by atoms with Crippen LogP contribution in [-0.4, -0.2) is 22.8 Å². The number of phenolic OH excluding ortho intramolecular Hbond substituents is 1. The number of aliphatic hydroxyl groups excluding tert-OH is 1. The molecule has 0 saturated carbocycles. The highest BCUT2D eigenvalue weighted by Crippen LogP contribution is 2.28. The fraction of sp³-hybridized carbons (Fsp3) is 0.455. The lowest BCUT2D eigenvalue weighted by molar-refractivity contribution is 0.133. The molecule has 2 atom stereocenters. The second-order valence-electron chi connectivity index (χ2n) is 3.75. The normalized spacial score (nSPS) is 22.8. The molecule has 0 radical (unpaired) electrons. The maximum atomic E-state index is 9.84. The topological polar surface area (TPSA) is 52.5 Å². The lowest BCUT2D eigenvalue weighted by Crippen LogP contribution is -2.43. The number of nitrogens with one attached hydrogen (secondary N) is 1. The molecule has 2 rings (SSSR count). The summed E-state index contributed by atoms with van der Waals surface area (Å²) in [6, 6.07) is 7.36. The van der Waals surface area contributed by atoms with E-state index in [4.69, 9.17) is 0 Å². The van der Waals surface area contributed by atoms with Crippen LogP contribution in [0, 0.1) is 0 Å². The van der Waals surface area contributed by atoms with E-state index in [-0.39, 0.29) is 5.75 Å². The lowest BCUT2D eigenvalue weighted by Gasteiger charge is -2.29. The molecule has 0 aliphatic carbocycles. The van der Waals surface area contributed by atoms with Crippen molar-refractivity contribution in [3.05, 3.63) is 29.8 Å². The number of rotatable bonds is 3. The van der Waals surface area contributed by atoms with E-state index < -0.39 is 6.10 Å². The zero-order chi connectivity index (χ0) is 9.97. The summed E-state index contributed by atoms with van der Waals surface area (Å²) in [7, 11) is 0. The average molecular weight is 193 g/mol. The van der Waals surface area contributed by atoms with Crippen LogP contribution in [0.2, 0.25) is 0 Å². The summed E-state index contributed by atoms with van der Waals surface area (Å²) >= 11 is 0. The van der Waals surface area contributed by atoms with Crippen LogP contribution in [-0.2, 0) is 0 Å². The highest BCUT2D eigenvalue weighted by molar-refractivity contribution is 5.33. The molecule has 1 saturated heterocycles. The number of aromatic hydroxyl groups is 1. The number of hydrogen-bond acceptors (Lipinski definition) is 3. The summed E-state index contributed by atoms with van der Waals surface area (Å²) in [5.74, 6) is 0.180. The van der Waals surface area contributed by atoms with E-state index in [2.05, 4.69) is 5.32 Å². The van der Waals surface area contributed by atoms with Crippen molar-refractivity contribution in [3.8, 4) is 5.75 Å². The van der Waals surface area contributed by atoms with Crippen molar-refractivity contribution >= 4 is 0 Å². The first-order chi connectivity index (χ1) is 6.77. The predicted molar refractivity (Wildman–Crippen MR) is 54.1 cm³/mol. The highest BCUT2D eigenvalue weighted by Gasteiger charge is 2.22. The van der Waals surface area contributed by atoms with Gasteiger partial charge < -0.3 is 15.5 Å². The van der Waals surface area contributed by atoms with Gasteiger partial charge >= 0.3 is 0 Å². The van der Waals surface area contributed by atoms with Gasteiger partial charge in [-0.05, 0) is 25.5 Å². The molecule has 3 nitrogen and oxygen atoms in total. The van der Waals surface area contributed by atoms with Gasteiger partial charge in [-0.15, -0.1) is 0 Å². The minimum Gasteiger partial charge on any atom is -0.508 e. The molecule has 3 heteroatoms. The van der Waals surface area contributed by atoms with Crippen molar-refractivity contribution in [1.29, 1.82) is 0 Å². The van der Waals surface area contributed by atoms with Crippen molar-refractivity contribution in [3.63, 3.8) is 0 Å². The molecule has 0 bridgehead atoms. The van der Waals surface area contributed by atoms with Gasteiger partial charge in [-0.2, -0.15) is 0 Å². The van der Waals surface area contributed by atoms with E-state index in [1.807, 2.05) is 6.07 Å². The Morgan fingerprint density at radius 3 is 2.71 bits per heavy atom. The van der Waals surface area contributed by atoms with Gasteiger partial charge in [0.15, 0.2) is 0 Å². The molecule has 1 aromatic carbocycles. The Kier molecular flexibility index (Phi) is 2.70. The molecule has 0 spiro atoms. The van der Waals surface area contributed by atoms with Gasteiger partial charge in [-0.3, -0.25) is 0 Å². The zero-order valence-electron chi connectivity index (χ0n) is 7.98. The van der Waals surface area contributed by atoms with Gasteiger partial charge in [0, 0.05) is 11.6 Å². The van der Waals surface area contributed by atoms with E-state index in [1.54, 1.807) is 18.2 Å². The third-order valence-corrected chi connectivity index (χ3v) is 2.73. The van der Waals surface area contributed by atoms with Crippen LogP contribution in [0.3, 0.4) is 0 Å². The highest BCUT2D eigenvalue weighted by atomic mass is 16.3. The summed E-state index contributed by atoms with van der Waals surface area (Å²) < 4.78 is 0. The average Bonchev–Trinajstić information content (AvgIpc) is 2.12. The smallest absolute Gasteiger partial charge is 0.121 e. The molecule has 1 heterocycles. The lowest BCUT2D eigenvalue weighted by atomic mass is 9.96. The summed E-state index contributed by atoms with van der Waals surface area (Å²) in [6.07, 6.45) is 1.23. The number of aliphatic hydroxyl groups is 1. The van der Waals surface area contributed by atoms with Crippen LogP contribution in [0.15, 0.2) is 24.3 Å². The maximum absolute atomic E-state index is 9.84. The maximum Gasteiger partial charge on any atom is 0.121 e. The Balaban J connectivity index is 2.02. The summed E-state index contributed by atoms with van der Waals surface area (Å²) in [5.41, 5.74) is 0.626. The van der Waals surface area contributed by atoms with E-state index in [1.165, 1.54) is 0 Å². The number of para-hydroxylation sites is 1. The van der Waals surface area contributed by atoms with E-state index in [0.717, 1.165) is 13.0 Å². The molecule has 3 N–H and O–H groups in total. The number of phenols is 1. The fourth-order valence-corrected chi connectivity index (χ4v) is 1.72. The molecule has 1 fully saturated rings. The third-order valence-electron chi connectivity index (χ3n) is 2.73. The first kappa shape index (κ1) is 9.49. The van der Waals surface area contributed by atoms with Crippen molar-refractivity contribution in [2.75, 3.05) is 6.54 Å². The van der Waals surface area contributed by atoms with Gasteiger partial charge in [-0.25, -0.2) is 0 Å². The Morgan fingerprint density at radius 2 is 2.14 bits per heavy atom. The minimum atomic E-state index is -0.561. The molecular weight excluding hydrogens is 178 g/mol. The monoisotopic (exact) mass is 193 g/mol. The fourth-order valence-electron chi connectivity index (χ4n) is 1.72. The predicted octanol–water partition coefficient (Wildman–Crippen LogP) is 1.18. The second kappa shape index (κ2) is 3.98. The van der Waals surface area contributed by atoms with Crippen molar-refractivity contribution in [2.45, 2.75) is 25.0 Å². The standard InChI is InChI=1S/C11H15NO2/c13-10-4-2-1-3-9(10)11(14)7-8-5-6-12-8/h1-4,8,11-14H,5-7H2. The van der Waals surface area contributed by atoms with Gasteiger partial charge in [0.1, 0.15) is 5.75 Å². The van der Waals surface area contributed by atoms with E-state index in [0.29, 0.717) is 18.0 Å². The van der Waals surface area contributed by atoms with Crippen LogP contribution >= 0.6 is 0 Å². The Bertz CT molecular complexity index is 310. The van der Waals surface area contributed by atoms with Crippen molar-refractivity contribution in [2.24, 2.45) is 0 Å². The number of hydrogen-bond donors (Lipinski definition) is 3. The summed E-state index contributed by atoms with van der Waals surface area (Å²) in [4.78, 5) is 0. The quantitative estimate of drug-likeness (QED) is 0.675. The summed E-state index contributed by atoms with van der Waals surface area (Å²) in [5, 5.41) is 22.6. The molecular formula is C11H15NO2. The largest absolute Gasteiger partial charge is 0.508 e. The molecule has 0 amide bonds. The molecule has 0 aromatic heterocycles. The SMILES string of the molecule is Oc1ccccc1C(O)CC1CCN1. The molecule has 1 aliphatic heterocycles. The van der Waals surface area contributed by atoms with Gasteiger partial charge in [0.25, 0.3) is 0 Å².